The molecule has 40 heavy (non-hydrogen) atoms. The molecule has 0 bridgehead atoms. The van der Waals surface area contributed by atoms with Crippen LogP contribution in [-0.2, 0) is 19.8 Å². The SMILES string of the molecule is Cn1cnnc1-c1cc(F)ccc1-c1cccc(-c2nc3cc(CNC[C@@H](O)C4CC4)cc(C(F)(F)F)c3o2)c1. The van der Waals surface area contributed by atoms with Crippen LogP contribution in [0.3, 0.4) is 0 Å². The van der Waals surface area contributed by atoms with Crippen molar-refractivity contribution in [2.45, 2.75) is 31.7 Å². The van der Waals surface area contributed by atoms with E-state index in [1.165, 1.54) is 18.5 Å². The van der Waals surface area contributed by atoms with Crippen molar-refractivity contribution in [3.8, 4) is 34.0 Å². The largest absolute Gasteiger partial charge is 0.435 e. The first-order chi connectivity index (χ1) is 19.2. The van der Waals surface area contributed by atoms with E-state index < -0.39 is 23.7 Å². The standard InChI is InChI=1S/C29H25F4N5O2/c1-38-15-35-37-27(38)22-12-20(30)7-8-21(22)18-3-2-4-19(11-18)28-36-24-10-16(13-34-14-25(39)17-5-6-17)9-23(26(24)40-28)29(31,32)33/h2-4,7-12,15,17,25,34,39H,5-6,13-14H2,1H3/t25-/m1/s1. The summed E-state index contributed by atoms with van der Waals surface area (Å²) in [4.78, 5) is 4.40. The van der Waals surface area contributed by atoms with Crippen LogP contribution < -0.4 is 5.32 Å². The third kappa shape index (κ3) is 5.22. The number of hydrogen-bond acceptors (Lipinski definition) is 6. The Morgan fingerprint density at radius 3 is 2.60 bits per heavy atom. The number of aryl methyl sites for hydroxylation is 1. The van der Waals surface area contributed by atoms with Crippen LogP contribution in [0.15, 0.2) is 65.3 Å². The van der Waals surface area contributed by atoms with E-state index in [4.69, 9.17) is 4.42 Å². The average molecular weight is 552 g/mol. The highest BCUT2D eigenvalue weighted by molar-refractivity contribution is 5.84. The summed E-state index contributed by atoms with van der Waals surface area (Å²) >= 11 is 0. The maximum absolute atomic E-state index is 14.2. The van der Waals surface area contributed by atoms with Gasteiger partial charge < -0.3 is 19.4 Å². The number of hydrogen-bond donors (Lipinski definition) is 2. The summed E-state index contributed by atoms with van der Waals surface area (Å²) in [5.74, 6) is 0.311. The van der Waals surface area contributed by atoms with E-state index in [0.29, 0.717) is 40.2 Å². The van der Waals surface area contributed by atoms with E-state index in [9.17, 15) is 22.7 Å². The molecule has 1 aliphatic rings. The predicted molar refractivity (Wildman–Crippen MR) is 140 cm³/mol. The molecule has 2 N–H and O–H groups in total. The Hall–Kier alpha value is -4.09. The van der Waals surface area contributed by atoms with E-state index in [1.807, 2.05) is 0 Å². The fourth-order valence-electron chi connectivity index (χ4n) is 4.84. The second-order valence-corrected chi connectivity index (χ2v) is 10.1. The van der Waals surface area contributed by atoms with E-state index in [0.717, 1.165) is 18.9 Å². The van der Waals surface area contributed by atoms with Crippen LogP contribution in [0.1, 0.15) is 24.0 Å². The zero-order valence-electron chi connectivity index (χ0n) is 21.4. The van der Waals surface area contributed by atoms with Crippen molar-refractivity contribution >= 4 is 11.1 Å². The number of halogens is 4. The Labute approximate surface area is 226 Å². The van der Waals surface area contributed by atoms with Crippen LogP contribution in [0, 0.1) is 11.7 Å². The Morgan fingerprint density at radius 2 is 1.88 bits per heavy atom. The molecular formula is C29H25F4N5O2. The maximum Gasteiger partial charge on any atom is 0.420 e. The second kappa shape index (κ2) is 10.1. The highest BCUT2D eigenvalue weighted by Gasteiger charge is 2.36. The molecule has 1 aliphatic carbocycles. The fraction of sp³-hybridized carbons (Fsp3) is 0.276. The molecule has 1 atom stereocenters. The number of nitrogens with zero attached hydrogens (tertiary/aromatic N) is 4. The summed E-state index contributed by atoms with van der Waals surface area (Å²) in [6.07, 6.45) is -1.71. The van der Waals surface area contributed by atoms with Gasteiger partial charge in [0, 0.05) is 31.3 Å². The minimum atomic E-state index is -4.65. The normalized spacial score (nSPS) is 14.7. The summed E-state index contributed by atoms with van der Waals surface area (Å²) in [7, 11) is 1.75. The summed E-state index contributed by atoms with van der Waals surface area (Å²) in [6, 6.07) is 13.9. The number of alkyl halides is 3. The smallest absolute Gasteiger partial charge is 0.420 e. The Balaban J connectivity index is 1.36. The van der Waals surface area contributed by atoms with Gasteiger partial charge >= 0.3 is 6.18 Å². The minimum absolute atomic E-state index is 0.0268. The van der Waals surface area contributed by atoms with Crippen LogP contribution in [0.2, 0.25) is 0 Å². The molecule has 2 aromatic heterocycles. The number of benzene rings is 3. The van der Waals surface area contributed by atoms with Gasteiger partial charge in [-0.3, -0.25) is 0 Å². The molecule has 6 rings (SSSR count). The average Bonchev–Trinajstić information content (AvgIpc) is 3.55. The van der Waals surface area contributed by atoms with Crippen molar-refractivity contribution in [3.05, 3.63) is 77.9 Å². The molecule has 0 radical (unpaired) electrons. The van der Waals surface area contributed by atoms with Crippen molar-refractivity contribution in [2.75, 3.05) is 6.54 Å². The van der Waals surface area contributed by atoms with Crippen LogP contribution in [0.25, 0.3) is 45.1 Å². The number of aliphatic hydroxyl groups excluding tert-OH is 1. The van der Waals surface area contributed by atoms with Gasteiger partial charge in [-0.15, -0.1) is 10.2 Å². The lowest BCUT2D eigenvalue weighted by Gasteiger charge is -2.12. The lowest BCUT2D eigenvalue weighted by molar-refractivity contribution is -0.136. The molecule has 0 saturated heterocycles. The van der Waals surface area contributed by atoms with E-state index >= 15 is 0 Å². The molecule has 0 unspecified atom stereocenters. The van der Waals surface area contributed by atoms with Gasteiger partial charge in [0.25, 0.3) is 0 Å². The molecule has 0 spiro atoms. The van der Waals surface area contributed by atoms with E-state index in [2.05, 4.69) is 20.5 Å². The van der Waals surface area contributed by atoms with Crippen molar-refractivity contribution in [1.29, 1.82) is 0 Å². The number of fused-ring (bicyclic) bond motifs is 1. The first-order valence-corrected chi connectivity index (χ1v) is 12.8. The lowest BCUT2D eigenvalue weighted by Crippen LogP contribution is -2.27. The summed E-state index contributed by atoms with van der Waals surface area (Å²) in [5.41, 5.74) is 1.51. The molecule has 206 valence electrons. The monoisotopic (exact) mass is 551 g/mol. The molecule has 3 aromatic carbocycles. The fourth-order valence-corrected chi connectivity index (χ4v) is 4.84. The molecule has 11 heteroatoms. The Kier molecular flexibility index (Phi) is 6.63. The van der Waals surface area contributed by atoms with Gasteiger partial charge in [-0.05, 0) is 71.8 Å². The van der Waals surface area contributed by atoms with Gasteiger partial charge in [-0.25, -0.2) is 9.37 Å². The van der Waals surface area contributed by atoms with Crippen LogP contribution in [-0.4, -0.2) is 37.5 Å². The Morgan fingerprint density at radius 1 is 1.07 bits per heavy atom. The van der Waals surface area contributed by atoms with E-state index in [-0.39, 0.29) is 29.5 Å². The zero-order valence-corrected chi connectivity index (χ0v) is 21.4. The second-order valence-electron chi connectivity index (χ2n) is 10.1. The zero-order chi connectivity index (χ0) is 28.0. The van der Waals surface area contributed by atoms with Crippen molar-refractivity contribution < 1.29 is 27.1 Å². The van der Waals surface area contributed by atoms with Crippen LogP contribution in [0.5, 0.6) is 0 Å². The van der Waals surface area contributed by atoms with Gasteiger partial charge in [0.05, 0.1) is 6.10 Å². The highest BCUT2D eigenvalue weighted by Crippen LogP contribution is 2.39. The van der Waals surface area contributed by atoms with Crippen molar-refractivity contribution in [2.24, 2.45) is 13.0 Å². The summed E-state index contributed by atoms with van der Waals surface area (Å²) in [6.45, 7) is 0.455. The topological polar surface area (TPSA) is 89.0 Å². The number of aromatic nitrogens is 4. The Bertz CT molecular complexity index is 1690. The highest BCUT2D eigenvalue weighted by atomic mass is 19.4. The van der Waals surface area contributed by atoms with E-state index in [1.54, 1.807) is 48.0 Å². The van der Waals surface area contributed by atoms with Gasteiger partial charge in [-0.1, -0.05) is 18.2 Å². The first kappa shape index (κ1) is 26.1. The molecule has 1 fully saturated rings. The van der Waals surface area contributed by atoms with Gasteiger partial charge in [0.2, 0.25) is 5.89 Å². The quantitative estimate of drug-likeness (QED) is 0.231. The summed E-state index contributed by atoms with van der Waals surface area (Å²) in [5, 5.41) is 21.1. The molecule has 0 aliphatic heterocycles. The minimum Gasteiger partial charge on any atom is -0.435 e. The number of rotatable bonds is 8. The molecular weight excluding hydrogens is 526 g/mol. The first-order valence-electron chi connectivity index (χ1n) is 12.8. The van der Waals surface area contributed by atoms with Crippen molar-refractivity contribution in [1.82, 2.24) is 25.1 Å². The van der Waals surface area contributed by atoms with Gasteiger partial charge in [0.15, 0.2) is 11.4 Å². The molecule has 0 amide bonds. The van der Waals surface area contributed by atoms with Crippen molar-refractivity contribution in [3.63, 3.8) is 0 Å². The molecule has 5 aromatic rings. The number of oxazole rings is 1. The van der Waals surface area contributed by atoms with Gasteiger partial charge in [0.1, 0.15) is 23.2 Å². The summed E-state index contributed by atoms with van der Waals surface area (Å²) < 4.78 is 63.6. The van der Waals surface area contributed by atoms with Gasteiger partial charge in [-0.2, -0.15) is 13.2 Å². The molecule has 1 saturated carbocycles. The van der Waals surface area contributed by atoms with Crippen LogP contribution in [0.4, 0.5) is 17.6 Å². The van der Waals surface area contributed by atoms with Crippen LogP contribution >= 0.6 is 0 Å². The lowest BCUT2D eigenvalue weighted by atomic mass is 9.97. The third-order valence-corrected chi connectivity index (χ3v) is 7.06. The number of aliphatic hydroxyl groups is 1. The maximum atomic E-state index is 14.2. The third-order valence-electron chi connectivity index (χ3n) is 7.06. The predicted octanol–water partition coefficient (Wildman–Crippen LogP) is 5.98. The molecule has 2 heterocycles. The molecule has 7 nitrogen and oxygen atoms in total. The number of nitrogens with one attached hydrogen (secondary N) is 1.